The molecule has 0 aromatic heterocycles. The molecule has 1 fully saturated rings. The van der Waals surface area contributed by atoms with Gasteiger partial charge in [-0.05, 0) is 32.4 Å². The van der Waals surface area contributed by atoms with E-state index < -0.39 is 23.3 Å². The van der Waals surface area contributed by atoms with Crippen LogP contribution in [0.25, 0.3) is 0 Å². The number of nitrogens with one attached hydrogen (secondary N) is 2. The number of benzene rings is 1. The number of carbonyl (C=O) groups excluding carboxylic acids is 1. The fraction of sp³-hybridized carbons (Fsp3) is 0.533. The molecule has 0 unspecified atom stereocenters. The first-order chi connectivity index (χ1) is 9.76. The van der Waals surface area contributed by atoms with Gasteiger partial charge in [0.2, 0.25) is 0 Å². The molecule has 2 N–H and O–H groups in total. The van der Waals surface area contributed by atoms with Gasteiger partial charge >= 0.3 is 6.09 Å². The van der Waals surface area contributed by atoms with Gasteiger partial charge in [-0.15, -0.1) is 0 Å². The van der Waals surface area contributed by atoms with Gasteiger partial charge in [0.25, 0.3) is 0 Å². The summed E-state index contributed by atoms with van der Waals surface area (Å²) in [5.74, 6) is -1.46. The highest BCUT2D eigenvalue weighted by molar-refractivity contribution is 5.68. The van der Waals surface area contributed by atoms with Crippen LogP contribution in [-0.2, 0) is 4.74 Å². The van der Waals surface area contributed by atoms with E-state index in [2.05, 4.69) is 10.6 Å². The molecule has 6 heteroatoms. The summed E-state index contributed by atoms with van der Waals surface area (Å²) >= 11 is 0. The maximum Gasteiger partial charge on any atom is 0.407 e. The van der Waals surface area contributed by atoms with Gasteiger partial charge in [0.05, 0.1) is 6.04 Å². The van der Waals surface area contributed by atoms with E-state index in [1.54, 1.807) is 20.8 Å². The molecule has 1 aliphatic heterocycles. The van der Waals surface area contributed by atoms with Gasteiger partial charge in [0, 0.05) is 25.1 Å². The van der Waals surface area contributed by atoms with Crippen LogP contribution in [0.1, 0.15) is 32.3 Å². The summed E-state index contributed by atoms with van der Waals surface area (Å²) in [6.45, 7) is 6.35. The average Bonchev–Trinajstić information content (AvgIpc) is 2.74. The molecule has 1 amide bonds. The SMILES string of the molecule is CC(C)(C)OC(=O)N[C@@H]1CNC[C@H]1c1ccc(F)cc1F. The second kappa shape index (κ2) is 5.97. The van der Waals surface area contributed by atoms with Gasteiger partial charge < -0.3 is 15.4 Å². The number of hydrogen-bond acceptors (Lipinski definition) is 3. The zero-order valence-corrected chi connectivity index (χ0v) is 12.4. The normalized spacial score (nSPS) is 22.1. The Morgan fingerprint density at radius 1 is 1.33 bits per heavy atom. The molecule has 116 valence electrons. The Morgan fingerprint density at radius 3 is 2.67 bits per heavy atom. The largest absolute Gasteiger partial charge is 0.444 e. The van der Waals surface area contributed by atoms with Gasteiger partial charge in [-0.25, -0.2) is 13.6 Å². The maximum absolute atomic E-state index is 13.9. The van der Waals surface area contributed by atoms with Crippen molar-refractivity contribution < 1.29 is 18.3 Å². The predicted molar refractivity (Wildman–Crippen MR) is 75.1 cm³/mol. The van der Waals surface area contributed by atoms with Crippen LogP contribution in [0.3, 0.4) is 0 Å². The number of rotatable bonds is 2. The molecule has 4 nitrogen and oxygen atoms in total. The lowest BCUT2D eigenvalue weighted by molar-refractivity contribution is 0.0504. The Bertz CT molecular complexity index is 529. The lowest BCUT2D eigenvalue weighted by Crippen LogP contribution is -2.42. The third-order valence-electron chi connectivity index (χ3n) is 3.28. The molecule has 0 saturated carbocycles. The van der Waals surface area contributed by atoms with Gasteiger partial charge in [0.15, 0.2) is 0 Å². The summed E-state index contributed by atoms with van der Waals surface area (Å²) in [5.41, 5.74) is -0.199. The third-order valence-corrected chi connectivity index (χ3v) is 3.28. The van der Waals surface area contributed by atoms with Crippen molar-refractivity contribution in [3.63, 3.8) is 0 Å². The van der Waals surface area contributed by atoms with E-state index in [0.717, 1.165) is 6.07 Å². The molecular formula is C15H20F2N2O2. The second-order valence-electron chi connectivity index (χ2n) is 6.18. The first-order valence-electron chi connectivity index (χ1n) is 6.91. The molecule has 0 radical (unpaired) electrons. The van der Waals surface area contributed by atoms with Crippen molar-refractivity contribution in [1.29, 1.82) is 0 Å². The van der Waals surface area contributed by atoms with Crippen molar-refractivity contribution >= 4 is 6.09 Å². The van der Waals surface area contributed by atoms with Crippen LogP contribution in [0, 0.1) is 11.6 Å². The number of hydrogen-bond donors (Lipinski definition) is 2. The highest BCUT2D eigenvalue weighted by Gasteiger charge is 2.32. The third kappa shape index (κ3) is 4.14. The monoisotopic (exact) mass is 298 g/mol. The molecule has 1 heterocycles. The lowest BCUT2D eigenvalue weighted by atomic mass is 9.94. The standard InChI is InChI=1S/C15H20F2N2O2/c1-15(2,3)21-14(20)19-13-8-18-7-11(13)10-5-4-9(16)6-12(10)17/h4-6,11,13,18H,7-8H2,1-3H3,(H,19,20)/t11-,13+/m0/s1. The van der Waals surface area contributed by atoms with Gasteiger partial charge in [0.1, 0.15) is 17.2 Å². The van der Waals surface area contributed by atoms with Crippen molar-refractivity contribution in [3.05, 3.63) is 35.4 Å². The number of carbonyl (C=O) groups is 1. The van der Waals surface area contributed by atoms with Gasteiger partial charge in [-0.2, -0.15) is 0 Å². The molecule has 0 spiro atoms. The van der Waals surface area contributed by atoms with E-state index in [1.807, 2.05) is 0 Å². The molecule has 21 heavy (non-hydrogen) atoms. The highest BCUT2D eigenvalue weighted by atomic mass is 19.1. The fourth-order valence-electron chi connectivity index (χ4n) is 2.42. The molecule has 0 aliphatic carbocycles. The van der Waals surface area contributed by atoms with E-state index in [-0.39, 0.29) is 12.0 Å². The minimum absolute atomic E-state index is 0.252. The minimum Gasteiger partial charge on any atom is -0.444 e. The predicted octanol–water partition coefficient (Wildman–Crippen LogP) is 2.54. The Labute approximate surface area is 122 Å². The molecule has 1 saturated heterocycles. The number of halogens is 2. The summed E-state index contributed by atoms with van der Waals surface area (Å²) < 4.78 is 32.1. The molecule has 1 aromatic rings. The Kier molecular flexibility index (Phi) is 4.46. The molecule has 1 aliphatic rings. The Hall–Kier alpha value is -1.69. The first-order valence-corrected chi connectivity index (χ1v) is 6.91. The van der Waals surface area contributed by atoms with E-state index >= 15 is 0 Å². The lowest BCUT2D eigenvalue weighted by Gasteiger charge is -2.24. The van der Waals surface area contributed by atoms with E-state index in [0.29, 0.717) is 18.7 Å². The average molecular weight is 298 g/mol. The topological polar surface area (TPSA) is 50.4 Å². The zero-order chi connectivity index (χ0) is 15.6. The number of amides is 1. The number of ether oxygens (including phenoxy) is 1. The van der Waals surface area contributed by atoms with Gasteiger partial charge in [-0.1, -0.05) is 6.07 Å². The van der Waals surface area contributed by atoms with Crippen molar-refractivity contribution in [2.75, 3.05) is 13.1 Å². The van der Waals surface area contributed by atoms with Crippen LogP contribution < -0.4 is 10.6 Å². The van der Waals surface area contributed by atoms with Crippen molar-refractivity contribution in [3.8, 4) is 0 Å². The van der Waals surface area contributed by atoms with Gasteiger partial charge in [-0.3, -0.25) is 0 Å². The second-order valence-corrected chi connectivity index (χ2v) is 6.18. The van der Waals surface area contributed by atoms with E-state index in [1.165, 1.54) is 12.1 Å². The Morgan fingerprint density at radius 2 is 2.05 bits per heavy atom. The molecule has 2 rings (SSSR count). The van der Waals surface area contributed by atoms with Crippen LogP contribution in [0.5, 0.6) is 0 Å². The quantitative estimate of drug-likeness (QED) is 0.882. The smallest absolute Gasteiger partial charge is 0.407 e. The molecular weight excluding hydrogens is 278 g/mol. The summed E-state index contributed by atoms with van der Waals surface area (Å²) in [5, 5.41) is 5.84. The maximum atomic E-state index is 13.9. The van der Waals surface area contributed by atoms with Crippen LogP contribution >= 0.6 is 0 Å². The van der Waals surface area contributed by atoms with Crippen LogP contribution in [-0.4, -0.2) is 30.8 Å². The zero-order valence-electron chi connectivity index (χ0n) is 12.4. The van der Waals surface area contributed by atoms with Crippen molar-refractivity contribution in [2.45, 2.75) is 38.3 Å². The van der Waals surface area contributed by atoms with E-state index in [4.69, 9.17) is 4.74 Å². The molecule has 0 bridgehead atoms. The molecule has 2 atom stereocenters. The summed E-state index contributed by atoms with van der Waals surface area (Å²) in [6.07, 6.45) is -0.538. The minimum atomic E-state index is -0.612. The summed E-state index contributed by atoms with van der Waals surface area (Å²) in [7, 11) is 0. The van der Waals surface area contributed by atoms with Crippen molar-refractivity contribution in [2.24, 2.45) is 0 Å². The van der Waals surface area contributed by atoms with Crippen LogP contribution in [0.15, 0.2) is 18.2 Å². The summed E-state index contributed by atoms with van der Waals surface area (Å²) in [4.78, 5) is 11.8. The van der Waals surface area contributed by atoms with E-state index in [9.17, 15) is 13.6 Å². The Balaban J connectivity index is 2.08. The molecule has 1 aromatic carbocycles. The summed E-state index contributed by atoms with van der Waals surface area (Å²) in [6, 6.07) is 3.21. The first kappa shape index (κ1) is 15.7. The van der Waals surface area contributed by atoms with Crippen molar-refractivity contribution in [1.82, 2.24) is 10.6 Å². The highest BCUT2D eigenvalue weighted by Crippen LogP contribution is 2.26. The number of alkyl carbamates (subject to hydrolysis) is 1. The van der Waals surface area contributed by atoms with Crippen LogP contribution in [0.4, 0.5) is 13.6 Å². The van der Waals surface area contributed by atoms with Crippen LogP contribution in [0.2, 0.25) is 0 Å². The fourth-order valence-corrected chi connectivity index (χ4v) is 2.42.